The van der Waals surface area contributed by atoms with Gasteiger partial charge in [-0.25, -0.2) is 0 Å². The van der Waals surface area contributed by atoms with Crippen LogP contribution < -0.4 is 0 Å². The Bertz CT molecular complexity index is 195. The van der Waals surface area contributed by atoms with Crippen LogP contribution in [-0.2, 0) is 0 Å². The summed E-state index contributed by atoms with van der Waals surface area (Å²) in [5.41, 5.74) is 1.93. The summed E-state index contributed by atoms with van der Waals surface area (Å²) in [6.45, 7) is 0. The van der Waals surface area contributed by atoms with Gasteiger partial charge in [-0.2, -0.15) is 0 Å². The van der Waals surface area contributed by atoms with Crippen LogP contribution in [-0.4, -0.2) is 17.2 Å². The predicted octanol–water partition coefficient (Wildman–Crippen LogP) is 1.28. The van der Waals surface area contributed by atoms with Crippen molar-refractivity contribution < 1.29 is 10.0 Å². The van der Waals surface area contributed by atoms with E-state index in [4.69, 9.17) is 10.0 Å². The fourth-order valence-electron chi connectivity index (χ4n) is 2.16. The molecule has 2 nitrogen and oxygen atoms in total. The first kappa shape index (κ1) is 8.33. The molecular weight excluding hydrogens is 151 g/mol. The lowest BCUT2D eigenvalue weighted by molar-refractivity contribution is 0.383. The third-order valence-electron chi connectivity index (χ3n) is 3.29. The van der Waals surface area contributed by atoms with E-state index >= 15 is 0 Å². The highest BCUT2D eigenvalue weighted by molar-refractivity contribution is 6.47. The first-order valence-corrected chi connectivity index (χ1v) is 4.76. The van der Waals surface area contributed by atoms with Gasteiger partial charge >= 0.3 is 7.12 Å². The fourth-order valence-corrected chi connectivity index (χ4v) is 2.16. The molecule has 0 bridgehead atoms. The van der Waals surface area contributed by atoms with Crippen LogP contribution in [0.2, 0.25) is 0 Å². The molecule has 0 amide bonds. The number of rotatable bonds is 1. The van der Waals surface area contributed by atoms with Crippen LogP contribution in [0.15, 0.2) is 11.5 Å². The average molecular weight is 166 g/mol. The number of hydrogen-bond donors (Lipinski definition) is 2. The summed E-state index contributed by atoms with van der Waals surface area (Å²) in [5.74, 6) is 1.59. The topological polar surface area (TPSA) is 40.5 Å². The van der Waals surface area contributed by atoms with Gasteiger partial charge in [0, 0.05) is 0 Å². The quantitative estimate of drug-likeness (QED) is 0.576. The first-order valence-electron chi connectivity index (χ1n) is 4.76. The summed E-state index contributed by atoms with van der Waals surface area (Å²) in [5, 5.41) is 17.5. The maximum Gasteiger partial charge on any atom is 0.480 e. The lowest BCUT2D eigenvalue weighted by Crippen LogP contribution is -2.13. The second kappa shape index (κ2) is 2.89. The van der Waals surface area contributed by atoms with E-state index in [9.17, 15) is 0 Å². The molecule has 2 aliphatic rings. The standard InChI is InChI=1S/C9H15BO2/c11-10(12)7-8-1-3-9(4-2-8)5-6-9/h7,11-12H,1-6H2. The second-order valence-corrected chi connectivity index (χ2v) is 4.24. The molecule has 0 heterocycles. The summed E-state index contributed by atoms with van der Waals surface area (Å²) in [6.07, 6.45) is 7.51. The highest BCUT2D eigenvalue weighted by Gasteiger charge is 2.43. The summed E-state index contributed by atoms with van der Waals surface area (Å²) in [7, 11) is -1.24. The first-order chi connectivity index (χ1) is 5.70. The van der Waals surface area contributed by atoms with Crippen LogP contribution in [0.3, 0.4) is 0 Å². The van der Waals surface area contributed by atoms with Crippen LogP contribution >= 0.6 is 0 Å². The van der Waals surface area contributed by atoms with Crippen molar-refractivity contribution in [3.05, 3.63) is 11.5 Å². The zero-order valence-electron chi connectivity index (χ0n) is 7.29. The van der Waals surface area contributed by atoms with E-state index in [1.807, 2.05) is 0 Å². The Morgan fingerprint density at radius 1 is 1.08 bits per heavy atom. The van der Waals surface area contributed by atoms with Crippen LogP contribution in [0.4, 0.5) is 0 Å². The van der Waals surface area contributed by atoms with Crippen molar-refractivity contribution >= 4 is 7.12 Å². The van der Waals surface area contributed by atoms with Crippen LogP contribution in [0, 0.1) is 5.41 Å². The molecular formula is C9H15BO2. The lowest BCUT2D eigenvalue weighted by atomic mass is 9.78. The van der Waals surface area contributed by atoms with Crippen molar-refractivity contribution in [1.82, 2.24) is 0 Å². The summed E-state index contributed by atoms with van der Waals surface area (Å²) < 4.78 is 0. The second-order valence-electron chi connectivity index (χ2n) is 4.24. The van der Waals surface area contributed by atoms with E-state index in [1.165, 1.54) is 31.3 Å². The largest absolute Gasteiger partial charge is 0.480 e. The fraction of sp³-hybridized carbons (Fsp3) is 0.778. The van der Waals surface area contributed by atoms with Crippen LogP contribution in [0.25, 0.3) is 0 Å². The van der Waals surface area contributed by atoms with E-state index in [0.29, 0.717) is 5.41 Å². The Morgan fingerprint density at radius 3 is 2.08 bits per heavy atom. The van der Waals surface area contributed by atoms with Crippen molar-refractivity contribution in [3.8, 4) is 0 Å². The minimum Gasteiger partial charge on any atom is -0.424 e. The lowest BCUT2D eigenvalue weighted by Gasteiger charge is -2.23. The van der Waals surface area contributed by atoms with E-state index in [-0.39, 0.29) is 0 Å². The summed E-state index contributed by atoms with van der Waals surface area (Å²) in [4.78, 5) is 0. The minimum atomic E-state index is -1.24. The molecule has 2 fully saturated rings. The molecule has 0 aromatic heterocycles. The normalized spacial score (nSPS) is 25.7. The molecule has 1 spiro atoms. The van der Waals surface area contributed by atoms with Crippen molar-refractivity contribution in [2.24, 2.45) is 5.41 Å². The maximum atomic E-state index is 8.73. The molecule has 2 saturated carbocycles. The molecule has 66 valence electrons. The average Bonchev–Trinajstić information content (AvgIpc) is 2.75. The van der Waals surface area contributed by atoms with Gasteiger partial charge < -0.3 is 10.0 Å². The Labute approximate surface area is 73.4 Å². The van der Waals surface area contributed by atoms with Crippen molar-refractivity contribution in [3.63, 3.8) is 0 Å². The van der Waals surface area contributed by atoms with Gasteiger partial charge in [0.25, 0.3) is 0 Å². The molecule has 0 aromatic rings. The molecule has 0 radical (unpaired) electrons. The van der Waals surface area contributed by atoms with Crippen molar-refractivity contribution in [1.29, 1.82) is 0 Å². The van der Waals surface area contributed by atoms with E-state index in [0.717, 1.165) is 12.8 Å². The molecule has 0 aromatic carbocycles. The minimum absolute atomic E-state index is 0.692. The van der Waals surface area contributed by atoms with Gasteiger partial charge in [0.1, 0.15) is 0 Å². The molecule has 12 heavy (non-hydrogen) atoms. The zero-order valence-corrected chi connectivity index (χ0v) is 7.29. The molecule has 2 aliphatic carbocycles. The highest BCUT2D eigenvalue weighted by Crippen LogP contribution is 2.56. The number of allylic oxidation sites excluding steroid dienone is 1. The van der Waals surface area contributed by atoms with Crippen LogP contribution in [0.1, 0.15) is 38.5 Å². The Kier molecular flexibility index (Phi) is 2.01. The molecule has 0 atom stereocenters. The Balaban J connectivity index is 1.89. The van der Waals surface area contributed by atoms with E-state index in [2.05, 4.69) is 0 Å². The van der Waals surface area contributed by atoms with Gasteiger partial charge in [0.05, 0.1) is 0 Å². The summed E-state index contributed by atoms with van der Waals surface area (Å²) in [6, 6.07) is 0. The SMILES string of the molecule is OB(O)C=C1CCC2(CC1)CC2. The van der Waals surface area contributed by atoms with E-state index in [1.54, 1.807) is 5.98 Å². The Morgan fingerprint density at radius 2 is 1.67 bits per heavy atom. The van der Waals surface area contributed by atoms with Crippen molar-refractivity contribution in [2.45, 2.75) is 38.5 Å². The maximum absolute atomic E-state index is 8.73. The highest BCUT2D eigenvalue weighted by atomic mass is 16.4. The third kappa shape index (κ3) is 1.72. The molecule has 0 saturated heterocycles. The van der Waals surface area contributed by atoms with Crippen molar-refractivity contribution in [2.75, 3.05) is 0 Å². The third-order valence-corrected chi connectivity index (χ3v) is 3.29. The zero-order chi connectivity index (χ0) is 8.60. The molecule has 3 heteroatoms. The Hall–Kier alpha value is -0.275. The van der Waals surface area contributed by atoms with Gasteiger partial charge in [0.2, 0.25) is 0 Å². The molecule has 0 aliphatic heterocycles. The molecule has 0 unspecified atom stereocenters. The van der Waals surface area contributed by atoms with E-state index < -0.39 is 7.12 Å². The predicted molar refractivity (Wildman–Crippen MR) is 48.4 cm³/mol. The van der Waals surface area contributed by atoms with Gasteiger partial charge in [0.15, 0.2) is 0 Å². The van der Waals surface area contributed by atoms with Crippen LogP contribution in [0.5, 0.6) is 0 Å². The van der Waals surface area contributed by atoms with Gasteiger partial charge in [-0.05, 0) is 43.9 Å². The number of hydrogen-bond acceptors (Lipinski definition) is 2. The molecule has 2 rings (SSSR count). The van der Waals surface area contributed by atoms with Gasteiger partial charge in [-0.15, -0.1) is 0 Å². The monoisotopic (exact) mass is 166 g/mol. The summed E-state index contributed by atoms with van der Waals surface area (Å²) >= 11 is 0. The van der Waals surface area contributed by atoms with Gasteiger partial charge in [-0.1, -0.05) is 11.5 Å². The molecule has 2 N–H and O–H groups in total. The van der Waals surface area contributed by atoms with Gasteiger partial charge in [-0.3, -0.25) is 0 Å². The smallest absolute Gasteiger partial charge is 0.424 e.